The average Bonchev–Trinajstić information content (AvgIpc) is 3.54. The molecular formula is C27H26F3N5O. The first-order valence-electron chi connectivity index (χ1n) is 11.8. The van der Waals surface area contributed by atoms with Crippen LogP contribution in [-0.4, -0.2) is 25.5 Å². The number of rotatable bonds is 7. The summed E-state index contributed by atoms with van der Waals surface area (Å²) in [6, 6.07) is 15.0. The van der Waals surface area contributed by atoms with Gasteiger partial charge in [-0.2, -0.15) is 23.4 Å². The van der Waals surface area contributed by atoms with Crippen molar-refractivity contribution in [2.75, 3.05) is 0 Å². The van der Waals surface area contributed by atoms with Gasteiger partial charge in [0.15, 0.2) is 0 Å². The third-order valence-corrected chi connectivity index (χ3v) is 6.57. The van der Waals surface area contributed by atoms with Gasteiger partial charge in [-0.25, -0.2) is 4.68 Å². The molecule has 1 fully saturated rings. The fourth-order valence-corrected chi connectivity index (χ4v) is 4.47. The van der Waals surface area contributed by atoms with Gasteiger partial charge >= 0.3 is 6.18 Å². The molecule has 36 heavy (non-hydrogen) atoms. The van der Waals surface area contributed by atoms with E-state index in [0.717, 1.165) is 47.5 Å². The van der Waals surface area contributed by atoms with Crippen molar-refractivity contribution in [3.63, 3.8) is 0 Å². The molecule has 1 N–H and O–H groups in total. The highest BCUT2D eigenvalue weighted by Gasteiger charge is 2.34. The molecule has 1 saturated carbocycles. The summed E-state index contributed by atoms with van der Waals surface area (Å²) in [7, 11) is 0. The van der Waals surface area contributed by atoms with E-state index in [4.69, 9.17) is 0 Å². The summed E-state index contributed by atoms with van der Waals surface area (Å²) in [4.78, 5) is 13.2. The van der Waals surface area contributed by atoms with Gasteiger partial charge in [0.25, 0.3) is 5.91 Å². The molecule has 5 rings (SSSR count). The molecule has 2 aromatic heterocycles. The first-order valence-corrected chi connectivity index (χ1v) is 11.8. The van der Waals surface area contributed by atoms with E-state index in [0.29, 0.717) is 30.0 Å². The van der Waals surface area contributed by atoms with E-state index in [1.54, 1.807) is 6.07 Å². The number of hydrogen-bond acceptors (Lipinski definition) is 3. The minimum absolute atomic E-state index is 0.0971. The van der Waals surface area contributed by atoms with Crippen LogP contribution in [0.5, 0.6) is 0 Å². The van der Waals surface area contributed by atoms with Crippen LogP contribution in [-0.2, 0) is 19.3 Å². The van der Waals surface area contributed by atoms with Gasteiger partial charge in [0, 0.05) is 23.7 Å². The largest absolute Gasteiger partial charge is 0.416 e. The Hall–Kier alpha value is -3.88. The third-order valence-electron chi connectivity index (χ3n) is 6.57. The number of nitrogens with zero attached hydrogens (tertiary/aromatic N) is 4. The maximum atomic E-state index is 13.2. The molecule has 0 saturated heterocycles. The molecule has 0 radical (unpaired) electrons. The normalized spacial score (nSPS) is 13.7. The van der Waals surface area contributed by atoms with E-state index >= 15 is 0 Å². The Morgan fingerprint density at radius 3 is 2.53 bits per heavy atom. The second kappa shape index (κ2) is 9.29. The summed E-state index contributed by atoms with van der Waals surface area (Å²) in [5.41, 5.74) is 4.47. The van der Waals surface area contributed by atoms with Gasteiger partial charge in [-0.15, -0.1) is 0 Å². The van der Waals surface area contributed by atoms with Crippen molar-refractivity contribution >= 4 is 5.91 Å². The van der Waals surface area contributed by atoms with Crippen molar-refractivity contribution in [2.45, 2.75) is 51.9 Å². The molecule has 6 nitrogen and oxygen atoms in total. The molecule has 0 spiro atoms. The Morgan fingerprint density at radius 1 is 1.08 bits per heavy atom. The highest BCUT2D eigenvalue weighted by molar-refractivity contribution is 5.95. The monoisotopic (exact) mass is 493 g/mol. The van der Waals surface area contributed by atoms with Crippen LogP contribution in [0.15, 0.2) is 60.8 Å². The van der Waals surface area contributed by atoms with Crippen molar-refractivity contribution in [1.82, 2.24) is 24.9 Å². The van der Waals surface area contributed by atoms with Gasteiger partial charge < -0.3 is 5.32 Å². The summed E-state index contributed by atoms with van der Waals surface area (Å²) in [5.74, 6) is -0.204. The lowest BCUT2D eigenvalue weighted by Gasteiger charge is -2.12. The number of aryl methyl sites for hydroxylation is 1. The van der Waals surface area contributed by atoms with Gasteiger partial charge in [-0.3, -0.25) is 9.48 Å². The van der Waals surface area contributed by atoms with Crippen LogP contribution in [0.2, 0.25) is 0 Å². The molecular weight excluding hydrogens is 467 g/mol. The van der Waals surface area contributed by atoms with E-state index in [2.05, 4.69) is 15.5 Å². The zero-order valence-corrected chi connectivity index (χ0v) is 20.0. The minimum atomic E-state index is -4.45. The lowest BCUT2D eigenvalue weighted by atomic mass is 10.1. The molecule has 0 aliphatic heterocycles. The molecule has 2 heterocycles. The number of nitrogens with one attached hydrogen (secondary N) is 1. The lowest BCUT2D eigenvalue weighted by Crippen LogP contribution is -2.24. The van der Waals surface area contributed by atoms with E-state index in [1.165, 1.54) is 16.9 Å². The summed E-state index contributed by atoms with van der Waals surface area (Å²) in [6.07, 6.45) is -1.27. The zero-order chi connectivity index (χ0) is 25.4. The van der Waals surface area contributed by atoms with Crippen molar-refractivity contribution in [3.8, 4) is 5.69 Å². The molecule has 0 atom stereocenters. The summed E-state index contributed by atoms with van der Waals surface area (Å²) in [6.45, 7) is 4.82. The minimum Gasteiger partial charge on any atom is -0.348 e. The van der Waals surface area contributed by atoms with Crippen molar-refractivity contribution < 1.29 is 18.0 Å². The molecule has 2 aromatic carbocycles. The predicted octanol–water partition coefficient (Wildman–Crippen LogP) is 5.56. The van der Waals surface area contributed by atoms with Crippen molar-refractivity contribution in [1.29, 1.82) is 0 Å². The summed E-state index contributed by atoms with van der Waals surface area (Å²) < 4.78 is 43.1. The van der Waals surface area contributed by atoms with Crippen LogP contribution in [0, 0.1) is 13.8 Å². The van der Waals surface area contributed by atoms with Crippen molar-refractivity contribution in [3.05, 3.63) is 100 Å². The van der Waals surface area contributed by atoms with Crippen LogP contribution in [0.3, 0.4) is 0 Å². The van der Waals surface area contributed by atoms with Crippen LogP contribution in [0.25, 0.3) is 5.69 Å². The van der Waals surface area contributed by atoms with Crippen molar-refractivity contribution in [2.24, 2.45) is 0 Å². The quantitative estimate of drug-likeness (QED) is 0.367. The van der Waals surface area contributed by atoms with E-state index in [-0.39, 0.29) is 11.8 Å². The molecule has 1 aliphatic rings. The first kappa shape index (κ1) is 23.8. The van der Waals surface area contributed by atoms with E-state index < -0.39 is 11.7 Å². The Balaban J connectivity index is 1.36. The maximum Gasteiger partial charge on any atom is 0.416 e. The fourth-order valence-electron chi connectivity index (χ4n) is 4.47. The lowest BCUT2D eigenvalue weighted by molar-refractivity contribution is -0.137. The summed E-state index contributed by atoms with van der Waals surface area (Å²) in [5, 5.41) is 11.9. The van der Waals surface area contributed by atoms with Crippen LogP contribution in [0.4, 0.5) is 13.2 Å². The number of halogens is 3. The fraction of sp³-hybridized carbons (Fsp3) is 0.296. The maximum absolute atomic E-state index is 13.2. The molecule has 1 aliphatic carbocycles. The second-order valence-electron chi connectivity index (χ2n) is 9.15. The molecule has 4 aromatic rings. The van der Waals surface area contributed by atoms with Gasteiger partial charge in [0.1, 0.15) is 0 Å². The molecule has 0 bridgehead atoms. The first-order chi connectivity index (χ1) is 17.2. The molecule has 9 heteroatoms. The Labute approximate surface area is 206 Å². The van der Waals surface area contributed by atoms with E-state index in [1.807, 2.05) is 48.9 Å². The third kappa shape index (κ3) is 4.78. The standard InChI is InChI=1S/C27H26F3N5O/c1-17-23(18(2)34(33-17)16-19-7-4-3-5-8-19)14-31-26(36)24-15-32-35(25(24)20-11-12-20)22-10-6-9-21(13-22)27(28,29)30/h3-10,13,15,20H,11-12,14,16H2,1-2H3,(H,31,36). The SMILES string of the molecule is Cc1nn(Cc2ccccc2)c(C)c1CNC(=O)c1cnn(-c2cccc(C(F)(F)F)c2)c1C1CC1. The Kier molecular flexibility index (Phi) is 6.15. The highest BCUT2D eigenvalue weighted by atomic mass is 19.4. The molecule has 1 amide bonds. The number of alkyl halides is 3. The number of benzene rings is 2. The van der Waals surface area contributed by atoms with Gasteiger partial charge in [-0.1, -0.05) is 36.4 Å². The number of carbonyl (C=O) groups is 1. The van der Waals surface area contributed by atoms with Gasteiger partial charge in [-0.05, 0) is 50.5 Å². The number of amides is 1. The Bertz CT molecular complexity index is 1400. The van der Waals surface area contributed by atoms with E-state index in [9.17, 15) is 18.0 Å². The van der Waals surface area contributed by atoms with Gasteiger partial charge in [0.2, 0.25) is 0 Å². The van der Waals surface area contributed by atoms with Crippen LogP contribution < -0.4 is 5.32 Å². The topological polar surface area (TPSA) is 64.7 Å². The zero-order valence-electron chi connectivity index (χ0n) is 20.0. The molecule has 0 unspecified atom stereocenters. The van der Waals surface area contributed by atoms with Gasteiger partial charge in [0.05, 0.1) is 40.9 Å². The number of aromatic nitrogens is 4. The highest BCUT2D eigenvalue weighted by Crippen LogP contribution is 2.43. The smallest absolute Gasteiger partial charge is 0.348 e. The van der Waals surface area contributed by atoms with Crippen LogP contribution in [0.1, 0.15) is 62.9 Å². The van der Waals surface area contributed by atoms with Crippen LogP contribution >= 0.6 is 0 Å². The Morgan fingerprint density at radius 2 is 1.83 bits per heavy atom. The molecule has 186 valence electrons. The average molecular weight is 494 g/mol. The second-order valence-corrected chi connectivity index (χ2v) is 9.15. The predicted molar refractivity (Wildman–Crippen MR) is 129 cm³/mol. The summed E-state index contributed by atoms with van der Waals surface area (Å²) >= 11 is 0. The number of hydrogen-bond donors (Lipinski definition) is 1. The number of carbonyl (C=O) groups excluding carboxylic acids is 1.